The van der Waals surface area contributed by atoms with Crippen molar-refractivity contribution >= 4 is 4.07 Å². The monoisotopic (exact) mass is 340 g/mol. The third-order valence-corrected chi connectivity index (χ3v) is 8.70. The average Bonchev–Trinajstić information content (AvgIpc) is 2.11. The van der Waals surface area contributed by atoms with Crippen molar-refractivity contribution in [1.29, 1.82) is 0 Å². The third-order valence-electron chi connectivity index (χ3n) is 1.79. The van der Waals surface area contributed by atoms with E-state index in [1.54, 1.807) is 0 Å². The zero-order valence-electron chi connectivity index (χ0n) is 8.61. The molecular weight excluding hydrogens is 318 g/mol. The molecule has 0 amide bonds. The molecule has 0 aromatic heterocycles. The minimum atomic E-state index is 0.806. The Morgan fingerprint density at radius 1 is 1.17 bits per heavy atom. The summed E-state index contributed by atoms with van der Waals surface area (Å²) in [6.07, 6.45) is 7.17. The van der Waals surface area contributed by atoms with Gasteiger partial charge >= 0.3 is 97.9 Å². The molecule has 0 aliphatic carbocycles. The fraction of sp³-hybridized carbons (Fsp3) is 1.00. The molecule has 0 aromatic rings. The van der Waals surface area contributed by atoms with Crippen LogP contribution in [0, 0.1) is 32.7 Å². The predicted molar refractivity (Wildman–Crippen MR) is 57.0 cm³/mol. The van der Waals surface area contributed by atoms with Crippen molar-refractivity contribution < 1.29 is 32.7 Å². The molecular formula is C10H23ErP. The SMILES string of the molecule is CCCCC(CC)[PH][Er][CH2]CC. The Balaban J connectivity index is 3.26. The summed E-state index contributed by atoms with van der Waals surface area (Å²) in [7, 11) is 0. The molecule has 0 radical (unpaired) electrons. The molecule has 0 aromatic carbocycles. The van der Waals surface area contributed by atoms with Crippen molar-refractivity contribution in [2.75, 3.05) is 0 Å². The summed E-state index contributed by atoms with van der Waals surface area (Å²) in [6, 6.07) is 0. The summed E-state index contributed by atoms with van der Waals surface area (Å²) in [4.78, 5) is 0. The van der Waals surface area contributed by atoms with Gasteiger partial charge in [0.05, 0.1) is 0 Å². The molecule has 0 aliphatic rings. The van der Waals surface area contributed by atoms with E-state index in [2.05, 4.69) is 20.8 Å². The Kier molecular flexibility index (Phi) is 12.3. The van der Waals surface area contributed by atoms with Crippen molar-refractivity contribution in [3.05, 3.63) is 0 Å². The van der Waals surface area contributed by atoms with Gasteiger partial charge in [0.2, 0.25) is 0 Å². The summed E-state index contributed by atoms with van der Waals surface area (Å²) in [5.41, 5.74) is 1.09. The van der Waals surface area contributed by atoms with Gasteiger partial charge in [0.1, 0.15) is 0 Å². The minimum absolute atomic E-state index is 0.806. The van der Waals surface area contributed by atoms with E-state index in [0.29, 0.717) is 0 Å². The van der Waals surface area contributed by atoms with Crippen LogP contribution in [0.4, 0.5) is 0 Å². The molecule has 0 fully saturated rings. The average molecular weight is 342 g/mol. The quantitative estimate of drug-likeness (QED) is 0.452. The first kappa shape index (κ1) is 13.7. The molecule has 12 heavy (non-hydrogen) atoms. The molecule has 80 valence electrons. The maximum atomic E-state index is 2.36. The fourth-order valence-electron chi connectivity index (χ4n) is 0.952. The van der Waals surface area contributed by atoms with Crippen LogP contribution in [0.2, 0.25) is 2.58 Å². The van der Waals surface area contributed by atoms with Crippen LogP contribution in [-0.2, 0) is 0 Å². The summed E-state index contributed by atoms with van der Waals surface area (Å²) < 4.78 is 2.85. The number of hydrogen-bond acceptors (Lipinski definition) is 0. The van der Waals surface area contributed by atoms with Crippen molar-refractivity contribution in [2.24, 2.45) is 0 Å². The normalized spacial score (nSPS) is 14.6. The zero-order chi connectivity index (χ0) is 9.23. The molecule has 0 bridgehead atoms. The van der Waals surface area contributed by atoms with E-state index in [1.807, 2.05) is 0 Å². The number of unbranched alkanes of at least 4 members (excludes halogenated alkanes) is 1. The molecule has 0 N–H and O–H groups in total. The van der Waals surface area contributed by atoms with Crippen LogP contribution < -0.4 is 0 Å². The molecule has 2 heteroatoms. The van der Waals surface area contributed by atoms with Crippen LogP contribution in [0.3, 0.4) is 0 Å². The van der Waals surface area contributed by atoms with E-state index in [0.717, 1.165) is 38.4 Å². The van der Waals surface area contributed by atoms with Crippen molar-refractivity contribution in [3.8, 4) is 0 Å². The van der Waals surface area contributed by atoms with E-state index in [-0.39, 0.29) is 0 Å². The first-order valence-corrected chi connectivity index (χ1v) is 10.0. The van der Waals surface area contributed by atoms with Gasteiger partial charge in [-0.25, -0.2) is 0 Å². The van der Waals surface area contributed by atoms with Gasteiger partial charge in [-0.1, -0.05) is 0 Å². The molecule has 0 heterocycles. The second kappa shape index (κ2) is 10.8. The fourth-order valence-corrected chi connectivity index (χ4v) is 7.48. The first-order chi connectivity index (χ1) is 5.85. The molecule has 0 nitrogen and oxygen atoms in total. The number of rotatable bonds is 8. The van der Waals surface area contributed by atoms with Crippen LogP contribution in [0.1, 0.15) is 52.9 Å². The summed E-state index contributed by atoms with van der Waals surface area (Å²) in [5.74, 6) is 0. The van der Waals surface area contributed by atoms with Crippen molar-refractivity contribution in [1.82, 2.24) is 0 Å². The van der Waals surface area contributed by atoms with Crippen molar-refractivity contribution in [3.63, 3.8) is 0 Å². The molecule has 0 saturated heterocycles. The Hall–Kier alpha value is 1.68. The van der Waals surface area contributed by atoms with Gasteiger partial charge in [-0.15, -0.1) is 0 Å². The molecule has 2 atom stereocenters. The first-order valence-electron chi connectivity index (χ1n) is 5.07. The Labute approximate surface area is 97.0 Å². The van der Waals surface area contributed by atoms with E-state index in [9.17, 15) is 0 Å². The van der Waals surface area contributed by atoms with Gasteiger partial charge in [0.15, 0.2) is 0 Å². The Morgan fingerprint density at radius 2 is 1.92 bits per heavy atom. The summed E-state index contributed by atoms with van der Waals surface area (Å²) in [5, 5.41) is 0. The molecule has 0 rings (SSSR count). The second-order valence-corrected chi connectivity index (χ2v) is 8.76. The van der Waals surface area contributed by atoms with Gasteiger partial charge in [-0.2, -0.15) is 0 Å². The van der Waals surface area contributed by atoms with Gasteiger partial charge in [0, 0.05) is 0 Å². The predicted octanol–water partition coefficient (Wildman–Crippen LogP) is 4.46. The summed E-state index contributed by atoms with van der Waals surface area (Å²) >= 11 is 0.806. The van der Waals surface area contributed by atoms with Gasteiger partial charge in [-0.05, 0) is 0 Å². The third kappa shape index (κ3) is 8.28. The number of hydrogen-bond donors (Lipinski definition) is 0. The molecule has 2 unspecified atom stereocenters. The summed E-state index contributed by atoms with van der Waals surface area (Å²) in [6.45, 7) is 6.97. The maximum absolute atomic E-state index is 2.36. The molecule has 0 spiro atoms. The van der Waals surface area contributed by atoms with Gasteiger partial charge in [-0.3, -0.25) is 0 Å². The second-order valence-electron chi connectivity index (χ2n) is 3.08. The molecule has 0 saturated carbocycles. The van der Waals surface area contributed by atoms with Crippen LogP contribution in [-0.4, -0.2) is 5.66 Å². The van der Waals surface area contributed by atoms with Crippen LogP contribution >= 0.6 is 4.07 Å². The van der Waals surface area contributed by atoms with Crippen molar-refractivity contribution in [2.45, 2.75) is 61.1 Å². The Morgan fingerprint density at radius 3 is 2.42 bits per heavy atom. The Bertz CT molecular complexity index is 85.9. The topological polar surface area (TPSA) is 0 Å². The van der Waals surface area contributed by atoms with Gasteiger partial charge in [0.25, 0.3) is 0 Å². The van der Waals surface area contributed by atoms with E-state index in [1.165, 1.54) is 38.7 Å². The van der Waals surface area contributed by atoms with Gasteiger partial charge < -0.3 is 0 Å². The zero-order valence-corrected chi connectivity index (χ0v) is 11.5. The van der Waals surface area contributed by atoms with E-state index in [4.69, 9.17) is 0 Å². The molecule has 0 aliphatic heterocycles. The standard InChI is InChI=1S/C7H16P.C3H7.Er/c1-3-5-6-7(8)4-2;1-3-2;/h7-8H,3-6H2,1-2H3;1,3H2,2H3;/q-1;;+1. The van der Waals surface area contributed by atoms with E-state index < -0.39 is 0 Å². The van der Waals surface area contributed by atoms with Crippen LogP contribution in [0.15, 0.2) is 0 Å². The van der Waals surface area contributed by atoms with Crippen LogP contribution in [0.5, 0.6) is 0 Å². The van der Waals surface area contributed by atoms with Crippen LogP contribution in [0.25, 0.3) is 0 Å². The van der Waals surface area contributed by atoms with E-state index >= 15 is 0 Å².